The van der Waals surface area contributed by atoms with Crippen molar-refractivity contribution in [1.82, 2.24) is 4.90 Å². The normalized spacial score (nSPS) is 27.6. The van der Waals surface area contributed by atoms with E-state index in [1.807, 2.05) is 31.3 Å². The highest BCUT2D eigenvalue weighted by molar-refractivity contribution is 5.50. The molecule has 0 bridgehead atoms. The molecule has 0 aromatic heterocycles. The number of nitriles is 3. The van der Waals surface area contributed by atoms with Crippen molar-refractivity contribution in [3.8, 4) is 24.0 Å². The first kappa shape index (κ1) is 17.8. The third kappa shape index (κ3) is 2.49. The lowest BCUT2D eigenvalue weighted by molar-refractivity contribution is 0.109. The van der Waals surface area contributed by atoms with Gasteiger partial charge in [-0.1, -0.05) is 12.1 Å². The number of allylic oxidation sites excluding steroid dienone is 2. The highest BCUT2D eigenvalue weighted by Gasteiger charge is 2.56. The Bertz CT molecular complexity index is 838. The highest BCUT2D eigenvalue weighted by Crippen LogP contribution is 2.55. The predicted molar refractivity (Wildman–Crippen MR) is 95.3 cm³/mol. The molecule has 0 amide bonds. The van der Waals surface area contributed by atoms with E-state index in [2.05, 4.69) is 23.1 Å². The second-order valence-corrected chi connectivity index (χ2v) is 7.04. The fourth-order valence-corrected chi connectivity index (χ4v) is 4.49. The molecule has 1 aromatic carbocycles. The number of hydrogen-bond donors (Lipinski definition) is 1. The Kier molecular flexibility index (Phi) is 4.60. The molecule has 6 heteroatoms. The van der Waals surface area contributed by atoms with Crippen molar-refractivity contribution in [3.05, 3.63) is 41.1 Å². The zero-order chi connectivity index (χ0) is 18.9. The lowest BCUT2D eigenvalue weighted by atomic mass is 9.55. The molecule has 1 aromatic rings. The SMILES string of the molecule is COc1ccc([C@@H]2[C@@H]3CN(C)CC[C@@H]3C(C#N)=C(N)C2(C#N)C#N)cc1. The summed E-state index contributed by atoms with van der Waals surface area (Å²) in [4.78, 5) is 2.19. The Balaban J connectivity index is 2.23. The maximum Gasteiger partial charge on any atom is 0.190 e. The topological polar surface area (TPSA) is 110 Å². The van der Waals surface area contributed by atoms with Gasteiger partial charge in [-0.25, -0.2) is 0 Å². The molecule has 6 nitrogen and oxygen atoms in total. The van der Waals surface area contributed by atoms with Crippen LogP contribution in [0.1, 0.15) is 17.9 Å². The lowest BCUT2D eigenvalue weighted by Crippen LogP contribution is -2.51. The molecule has 0 saturated carbocycles. The molecule has 3 rings (SSSR count). The molecule has 1 fully saturated rings. The molecule has 132 valence electrons. The number of fused-ring (bicyclic) bond motifs is 1. The van der Waals surface area contributed by atoms with E-state index in [9.17, 15) is 15.8 Å². The van der Waals surface area contributed by atoms with Gasteiger partial charge in [0.1, 0.15) is 5.75 Å². The number of rotatable bonds is 2. The molecule has 3 atom stereocenters. The largest absolute Gasteiger partial charge is 0.497 e. The van der Waals surface area contributed by atoms with Gasteiger partial charge in [0.05, 0.1) is 36.6 Å². The van der Waals surface area contributed by atoms with Gasteiger partial charge in [0.2, 0.25) is 0 Å². The number of hydrogen-bond acceptors (Lipinski definition) is 6. The summed E-state index contributed by atoms with van der Waals surface area (Å²) < 4.78 is 5.23. The van der Waals surface area contributed by atoms with Crippen LogP contribution in [0.15, 0.2) is 35.5 Å². The van der Waals surface area contributed by atoms with Gasteiger partial charge in [-0.2, -0.15) is 15.8 Å². The van der Waals surface area contributed by atoms with Crippen molar-refractivity contribution in [3.63, 3.8) is 0 Å². The molecular weight excluding hydrogens is 326 g/mol. The van der Waals surface area contributed by atoms with E-state index in [-0.39, 0.29) is 17.5 Å². The van der Waals surface area contributed by atoms with E-state index in [1.54, 1.807) is 7.11 Å². The van der Waals surface area contributed by atoms with Crippen LogP contribution in [0.5, 0.6) is 5.75 Å². The van der Waals surface area contributed by atoms with Crippen molar-refractivity contribution in [2.24, 2.45) is 23.0 Å². The Morgan fingerprint density at radius 2 is 1.85 bits per heavy atom. The number of nitrogens with two attached hydrogens (primary N) is 1. The minimum Gasteiger partial charge on any atom is -0.497 e. The second kappa shape index (κ2) is 6.71. The fourth-order valence-electron chi connectivity index (χ4n) is 4.49. The van der Waals surface area contributed by atoms with Crippen LogP contribution in [0.4, 0.5) is 0 Å². The summed E-state index contributed by atoms with van der Waals surface area (Å²) in [6.45, 7) is 1.58. The summed E-state index contributed by atoms with van der Waals surface area (Å²) in [6.07, 6.45) is 0.796. The van der Waals surface area contributed by atoms with Crippen LogP contribution in [-0.4, -0.2) is 32.1 Å². The summed E-state index contributed by atoms with van der Waals surface area (Å²) in [5, 5.41) is 29.6. The highest BCUT2D eigenvalue weighted by atomic mass is 16.5. The standard InChI is InChI=1S/C20H21N5O/c1-25-8-7-15-16(9-21)19(24)20(11-22,12-23)18(17(15)10-25)13-3-5-14(26-2)6-4-13/h3-6,15,17-18H,7-8,10,24H2,1-2H3/t15-,17-,18-/m1/s1. The van der Waals surface area contributed by atoms with Gasteiger partial charge >= 0.3 is 0 Å². The minimum absolute atomic E-state index is 0.0246. The first-order valence-corrected chi connectivity index (χ1v) is 8.57. The maximum absolute atomic E-state index is 9.98. The Morgan fingerprint density at radius 3 is 2.38 bits per heavy atom. The monoisotopic (exact) mass is 347 g/mol. The maximum atomic E-state index is 9.98. The molecule has 1 heterocycles. The summed E-state index contributed by atoms with van der Waals surface area (Å²) in [7, 11) is 3.62. The van der Waals surface area contributed by atoms with Crippen LogP contribution in [0.25, 0.3) is 0 Å². The van der Waals surface area contributed by atoms with Crippen LogP contribution in [0.2, 0.25) is 0 Å². The Hall–Kier alpha value is -3.01. The molecular formula is C20H21N5O. The average Bonchev–Trinajstić information content (AvgIpc) is 2.67. The zero-order valence-electron chi connectivity index (χ0n) is 14.9. The van der Waals surface area contributed by atoms with E-state index in [0.29, 0.717) is 17.9 Å². The minimum atomic E-state index is -1.54. The van der Waals surface area contributed by atoms with Gasteiger partial charge in [-0.15, -0.1) is 0 Å². The number of methoxy groups -OCH3 is 1. The van der Waals surface area contributed by atoms with Crippen LogP contribution < -0.4 is 10.5 Å². The second-order valence-electron chi connectivity index (χ2n) is 7.04. The quantitative estimate of drug-likeness (QED) is 0.877. The van der Waals surface area contributed by atoms with Gasteiger partial charge in [0.15, 0.2) is 5.41 Å². The van der Waals surface area contributed by atoms with Gasteiger partial charge in [-0.05, 0) is 43.6 Å². The van der Waals surface area contributed by atoms with Gasteiger partial charge in [0, 0.05) is 18.4 Å². The molecule has 0 unspecified atom stereocenters. The van der Waals surface area contributed by atoms with E-state index in [1.165, 1.54) is 0 Å². The third-order valence-corrected chi connectivity index (χ3v) is 5.79. The average molecular weight is 347 g/mol. The molecule has 1 aliphatic carbocycles. The summed E-state index contributed by atoms with van der Waals surface area (Å²) >= 11 is 0. The van der Waals surface area contributed by atoms with E-state index in [4.69, 9.17) is 10.5 Å². The van der Waals surface area contributed by atoms with Crippen LogP contribution in [-0.2, 0) is 0 Å². The zero-order valence-corrected chi connectivity index (χ0v) is 14.9. The number of piperidine rings is 1. The first-order chi connectivity index (χ1) is 12.5. The van der Waals surface area contributed by atoms with Crippen LogP contribution in [0.3, 0.4) is 0 Å². The Labute approximate surface area is 153 Å². The number of benzene rings is 1. The van der Waals surface area contributed by atoms with Crippen molar-refractivity contribution < 1.29 is 4.74 Å². The summed E-state index contributed by atoms with van der Waals surface area (Å²) in [6, 6.07) is 14.0. The molecule has 26 heavy (non-hydrogen) atoms. The molecule has 2 aliphatic rings. The predicted octanol–water partition coefficient (Wildman–Crippen LogP) is 2.13. The molecule has 1 saturated heterocycles. The van der Waals surface area contributed by atoms with Crippen molar-refractivity contribution in [2.75, 3.05) is 27.2 Å². The van der Waals surface area contributed by atoms with Gasteiger partial charge in [0.25, 0.3) is 0 Å². The van der Waals surface area contributed by atoms with Gasteiger partial charge in [-0.3, -0.25) is 0 Å². The number of nitrogens with zero attached hydrogens (tertiary/aromatic N) is 4. The van der Waals surface area contributed by atoms with E-state index in [0.717, 1.165) is 18.5 Å². The molecule has 0 spiro atoms. The lowest BCUT2D eigenvalue weighted by Gasteiger charge is -2.48. The molecule has 0 radical (unpaired) electrons. The van der Waals surface area contributed by atoms with Crippen LogP contribution in [0, 0.1) is 51.2 Å². The van der Waals surface area contributed by atoms with Crippen LogP contribution >= 0.6 is 0 Å². The summed E-state index contributed by atoms with van der Waals surface area (Å²) in [5.41, 5.74) is 6.16. The van der Waals surface area contributed by atoms with Crippen molar-refractivity contribution in [2.45, 2.75) is 12.3 Å². The number of ether oxygens (including phenoxy) is 1. The van der Waals surface area contributed by atoms with E-state index >= 15 is 0 Å². The molecule has 2 N–H and O–H groups in total. The Morgan fingerprint density at radius 1 is 1.19 bits per heavy atom. The smallest absolute Gasteiger partial charge is 0.190 e. The fraction of sp³-hybridized carbons (Fsp3) is 0.450. The summed E-state index contributed by atoms with van der Waals surface area (Å²) in [5.74, 6) is 0.261. The van der Waals surface area contributed by atoms with E-state index < -0.39 is 11.3 Å². The van der Waals surface area contributed by atoms with Gasteiger partial charge < -0.3 is 15.4 Å². The first-order valence-electron chi connectivity index (χ1n) is 8.57. The van der Waals surface area contributed by atoms with Crippen molar-refractivity contribution >= 4 is 0 Å². The number of likely N-dealkylation sites (tertiary alicyclic amines) is 1. The molecule has 1 aliphatic heterocycles. The van der Waals surface area contributed by atoms with Crippen molar-refractivity contribution in [1.29, 1.82) is 15.8 Å². The third-order valence-electron chi connectivity index (χ3n) is 5.79.